The normalized spacial score (nSPS) is 14.8. The van der Waals surface area contributed by atoms with Crippen molar-refractivity contribution in [2.45, 2.75) is 55.9 Å². The van der Waals surface area contributed by atoms with E-state index in [0.29, 0.717) is 11.6 Å². The molecule has 0 fully saturated rings. The molecule has 3 aromatic carbocycles. The van der Waals surface area contributed by atoms with E-state index in [9.17, 15) is 22.8 Å². The quantitative estimate of drug-likeness (QED) is 0.418. The van der Waals surface area contributed by atoms with E-state index in [4.69, 9.17) is 4.74 Å². The molecule has 0 radical (unpaired) electrons. The van der Waals surface area contributed by atoms with E-state index in [2.05, 4.69) is 19.2 Å². The van der Waals surface area contributed by atoms with Crippen LogP contribution in [0.25, 0.3) is 0 Å². The number of ether oxygens (including phenoxy) is 1. The van der Waals surface area contributed by atoms with Gasteiger partial charge in [0.25, 0.3) is 5.91 Å². The number of benzene rings is 3. The molecule has 4 rings (SSSR count). The molecule has 1 aliphatic heterocycles. The number of fused-ring (bicyclic) bond motifs is 2. The number of amides is 2. The van der Waals surface area contributed by atoms with Crippen molar-refractivity contribution in [1.82, 2.24) is 0 Å². The van der Waals surface area contributed by atoms with E-state index in [0.717, 1.165) is 5.56 Å². The molecule has 38 heavy (non-hydrogen) atoms. The minimum atomic E-state index is -4.14. The topological polar surface area (TPSA) is 110 Å². The van der Waals surface area contributed by atoms with Crippen molar-refractivity contribution >= 4 is 39.0 Å². The zero-order valence-electron chi connectivity index (χ0n) is 21.7. The lowest BCUT2D eigenvalue weighted by atomic mass is 10.0. The molecule has 0 aromatic heterocycles. The third-order valence-corrected chi connectivity index (χ3v) is 8.35. The third-order valence-electron chi connectivity index (χ3n) is 6.49. The van der Waals surface area contributed by atoms with E-state index in [-0.39, 0.29) is 39.6 Å². The molecule has 1 heterocycles. The smallest absolute Gasteiger partial charge is 0.338 e. The summed E-state index contributed by atoms with van der Waals surface area (Å²) in [4.78, 5) is 40.9. The number of carbonyl (C=O) groups excluding carboxylic acids is 3. The average Bonchev–Trinajstić information content (AvgIpc) is 2.97. The Labute approximate surface area is 222 Å². The summed E-state index contributed by atoms with van der Waals surface area (Å²) in [5.74, 6) is -1.47. The predicted octanol–water partition coefficient (Wildman–Crippen LogP) is 5.20. The summed E-state index contributed by atoms with van der Waals surface area (Å²) in [5, 5.41) is 2.86. The van der Waals surface area contributed by atoms with Crippen LogP contribution in [-0.4, -0.2) is 38.9 Å². The Bertz CT molecular complexity index is 1500. The summed E-state index contributed by atoms with van der Waals surface area (Å²) in [6, 6.07) is 16.2. The molecule has 9 heteroatoms. The van der Waals surface area contributed by atoms with Crippen LogP contribution in [0.5, 0.6) is 0 Å². The van der Waals surface area contributed by atoms with Crippen molar-refractivity contribution in [3.05, 3.63) is 83.4 Å². The first-order valence-corrected chi connectivity index (χ1v) is 14.0. The fourth-order valence-electron chi connectivity index (χ4n) is 4.48. The van der Waals surface area contributed by atoms with Gasteiger partial charge in [0, 0.05) is 5.69 Å². The van der Waals surface area contributed by atoms with Crippen molar-refractivity contribution in [2.24, 2.45) is 0 Å². The molecule has 0 saturated heterocycles. The van der Waals surface area contributed by atoms with Gasteiger partial charge in [0.2, 0.25) is 15.7 Å². The van der Waals surface area contributed by atoms with Crippen LogP contribution in [0.15, 0.2) is 76.5 Å². The van der Waals surface area contributed by atoms with Crippen molar-refractivity contribution in [3.8, 4) is 0 Å². The second-order valence-electron chi connectivity index (χ2n) is 9.27. The van der Waals surface area contributed by atoms with Crippen molar-refractivity contribution in [2.75, 3.05) is 16.8 Å². The van der Waals surface area contributed by atoms with E-state index >= 15 is 0 Å². The number of rotatable bonds is 7. The standard InChI is InChI=1S/C29H30N2O6S/c1-5-23(27(32)30-21-14-11-19(12-15-21)18(3)4)31-24-17-20(29(34)37-6-2)13-16-26(24)38(35,36)25-10-8-7-9-22(25)28(31)33/h7-18,23H,5-6H2,1-4H3,(H,30,32)/t23-/m1/s1. The van der Waals surface area contributed by atoms with Crippen LogP contribution < -0.4 is 10.2 Å². The number of hydrogen-bond donors (Lipinski definition) is 1. The second-order valence-corrected chi connectivity index (χ2v) is 11.2. The highest BCUT2D eigenvalue weighted by Crippen LogP contribution is 2.39. The maximum Gasteiger partial charge on any atom is 0.338 e. The summed E-state index contributed by atoms with van der Waals surface area (Å²) >= 11 is 0. The Morgan fingerprint density at radius 1 is 0.947 bits per heavy atom. The van der Waals surface area contributed by atoms with E-state index in [1.165, 1.54) is 41.3 Å². The molecule has 1 N–H and O–H groups in total. The Hall–Kier alpha value is -3.98. The highest BCUT2D eigenvalue weighted by Gasteiger charge is 2.40. The molecular formula is C29H30N2O6S. The van der Waals surface area contributed by atoms with Gasteiger partial charge >= 0.3 is 5.97 Å². The maximum atomic E-state index is 13.9. The number of nitrogens with zero attached hydrogens (tertiary/aromatic N) is 1. The molecule has 198 valence electrons. The lowest BCUT2D eigenvalue weighted by Gasteiger charge is -2.30. The summed E-state index contributed by atoms with van der Waals surface area (Å²) in [5.41, 5.74) is 1.64. The van der Waals surface area contributed by atoms with Crippen LogP contribution in [0.1, 0.15) is 66.3 Å². The number of anilines is 2. The van der Waals surface area contributed by atoms with Gasteiger partial charge in [-0.25, -0.2) is 13.2 Å². The van der Waals surface area contributed by atoms with Crippen LogP contribution >= 0.6 is 0 Å². The summed E-state index contributed by atoms with van der Waals surface area (Å²) in [6.07, 6.45) is 0.187. The van der Waals surface area contributed by atoms with Gasteiger partial charge in [-0.15, -0.1) is 0 Å². The van der Waals surface area contributed by atoms with Crippen molar-refractivity contribution in [3.63, 3.8) is 0 Å². The van der Waals surface area contributed by atoms with Crippen LogP contribution in [0, 0.1) is 0 Å². The molecular weight excluding hydrogens is 504 g/mol. The van der Waals surface area contributed by atoms with Gasteiger partial charge in [-0.3, -0.25) is 14.5 Å². The third kappa shape index (κ3) is 4.93. The molecule has 2 amide bonds. The number of carbonyl (C=O) groups is 3. The SMILES string of the molecule is CCOC(=O)c1ccc2c(c1)N([C@H](CC)C(=O)Nc1ccc(C(C)C)cc1)C(=O)c1ccccc1S2(=O)=O. The highest BCUT2D eigenvalue weighted by atomic mass is 32.2. The molecule has 3 aromatic rings. The molecule has 1 atom stereocenters. The van der Waals surface area contributed by atoms with Crippen molar-refractivity contribution in [1.29, 1.82) is 0 Å². The molecule has 0 unspecified atom stereocenters. The van der Waals surface area contributed by atoms with Gasteiger partial charge in [0.05, 0.1) is 33.2 Å². The van der Waals surface area contributed by atoms with Gasteiger partial charge in [0.1, 0.15) is 6.04 Å². The summed E-state index contributed by atoms with van der Waals surface area (Å²) < 4.78 is 32.4. The predicted molar refractivity (Wildman–Crippen MR) is 144 cm³/mol. The molecule has 0 saturated carbocycles. The van der Waals surface area contributed by atoms with E-state index in [1.807, 2.05) is 12.1 Å². The largest absolute Gasteiger partial charge is 0.462 e. The summed E-state index contributed by atoms with van der Waals surface area (Å²) in [7, 11) is -4.14. The van der Waals surface area contributed by atoms with Gasteiger partial charge in [-0.05, 0) is 67.3 Å². The minimum Gasteiger partial charge on any atom is -0.462 e. The Kier molecular flexibility index (Phi) is 7.68. The number of hydrogen-bond acceptors (Lipinski definition) is 6. The number of esters is 1. The van der Waals surface area contributed by atoms with Crippen LogP contribution in [0.4, 0.5) is 11.4 Å². The fraction of sp³-hybridized carbons (Fsp3) is 0.276. The average molecular weight is 535 g/mol. The molecule has 0 bridgehead atoms. The van der Waals surface area contributed by atoms with Gasteiger partial charge in [-0.1, -0.05) is 45.0 Å². The lowest BCUT2D eigenvalue weighted by Crippen LogP contribution is -2.47. The van der Waals surface area contributed by atoms with Crippen LogP contribution in [0.3, 0.4) is 0 Å². The monoisotopic (exact) mass is 534 g/mol. The Morgan fingerprint density at radius 3 is 2.26 bits per heavy atom. The van der Waals surface area contributed by atoms with E-state index < -0.39 is 33.7 Å². The molecule has 1 aliphatic rings. The van der Waals surface area contributed by atoms with E-state index in [1.54, 1.807) is 32.0 Å². The lowest BCUT2D eigenvalue weighted by molar-refractivity contribution is -0.117. The van der Waals surface area contributed by atoms with Crippen LogP contribution in [-0.2, 0) is 19.4 Å². The Balaban J connectivity index is 1.85. The number of sulfone groups is 1. The maximum absolute atomic E-state index is 13.9. The molecule has 8 nitrogen and oxygen atoms in total. The minimum absolute atomic E-state index is 0.0473. The first kappa shape index (κ1) is 27.1. The fourth-order valence-corrected chi connectivity index (χ4v) is 6.10. The van der Waals surface area contributed by atoms with Gasteiger partial charge in [-0.2, -0.15) is 0 Å². The zero-order chi connectivity index (χ0) is 27.6. The molecule has 0 aliphatic carbocycles. The second kappa shape index (κ2) is 10.8. The first-order valence-electron chi connectivity index (χ1n) is 12.5. The van der Waals surface area contributed by atoms with Gasteiger partial charge in [0.15, 0.2) is 0 Å². The van der Waals surface area contributed by atoms with Gasteiger partial charge < -0.3 is 10.1 Å². The zero-order valence-corrected chi connectivity index (χ0v) is 22.5. The van der Waals surface area contributed by atoms with Crippen molar-refractivity contribution < 1.29 is 27.5 Å². The van der Waals surface area contributed by atoms with Crippen LogP contribution in [0.2, 0.25) is 0 Å². The number of nitrogens with one attached hydrogen (secondary N) is 1. The first-order chi connectivity index (χ1) is 18.1. The Morgan fingerprint density at radius 2 is 1.63 bits per heavy atom. The highest BCUT2D eigenvalue weighted by molar-refractivity contribution is 7.91. The molecule has 0 spiro atoms. The summed E-state index contributed by atoms with van der Waals surface area (Å²) in [6.45, 7) is 7.65.